The number of aromatic amines is 1. The van der Waals surface area contributed by atoms with Gasteiger partial charge in [-0.1, -0.05) is 11.6 Å². The minimum Gasteiger partial charge on any atom is -0.384 e. The van der Waals surface area contributed by atoms with E-state index < -0.39 is 0 Å². The minimum atomic E-state index is -0.272. The molecule has 4 N–H and O–H groups in total. The van der Waals surface area contributed by atoms with E-state index in [-0.39, 0.29) is 11.0 Å². The number of allylic oxidation sites excluding steroid dienone is 2. The Labute approximate surface area is 155 Å². The van der Waals surface area contributed by atoms with E-state index in [2.05, 4.69) is 15.0 Å². The van der Waals surface area contributed by atoms with Crippen LogP contribution in [0, 0.1) is 18.2 Å². The van der Waals surface area contributed by atoms with Crippen LogP contribution in [0.2, 0.25) is 0 Å². The Kier molecular flexibility index (Phi) is 4.86. The lowest BCUT2D eigenvalue weighted by Crippen LogP contribution is -1.91. The summed E-state index contributed by atoms with van der Waals surface area (Å²) in [6, 6.07) is 8.39. The highest BCUT2D eigenvalue weighted by Crippen LogP contribution is 2.33. The van der Waals surface area contributed by atoms with E-state index in [1.807, 2.05) is 6.07 Å². The van der Waals surface area contributed by atoms with Gasteiger partial charge in [-0.05, 0) is 61.4 Å². The fraction of sp³-hybridized carbons (Fsp3) is 0.105. The Morgan fingerprint density at radius 2 is 2.04 bits per heavy atom. The molecule has 0 atom stereocenters. The summed E-state index contributed by atoms with van der Waals surface area (Å²) >= 11 is 5.66. The highest BCUT2D eigenvalue weighted by Gasteiger charge is 2.16. The molecule has 0 unspecified atom stereocenters. The van der Waals surface area contributed by atoms with Crippen LogP contribution < -0.4 is 5.73 Å². The summed E-state index contributed by atoms with van der Waals surface area (Å²) in [5, 5.41) is 7.33. The van der Waals surface area contributed by atoms with Gasteiger partial charge >= 0.3 is 0 Å². The van der Waals surface area contributed by atoms with Gasteiger partial charge in [0.25, 0.3) is 0 Å². The Balaban J connectivity index is 2.22. The molecule has 0 bridgehead atoms. The molecule has 0 aliphatic carbocycles. The normalized spacial score (nSPS) is 11.6. The number of pyridine rings is 1. The predicted octanol–water partition coefficient (Wildman–Crippen LogP) is 4.79. The molecule has 3 rings (SSSR count). The van der Waals surface area contributed by atoms with E-state index in [1.54, 1.807) is 38.2 Å². The van der Waals surface area contributed by atoms with E-state index in [1.165, 1.54) is 12.1 Å². The third-order valence-corrected chi connectivity index (χ3v) is 4.03. The van der Waals surface area contributed by atoms with E-state index in [9.17, 15) is 4.39 Å². The summed E-state index contributed by atoms with van der Waals surface area (Å²) in [5.41, 5.74) is 10.0. The number of anilines is 1. The lowest BCUT2D eigenvalue weighted by Gasteiger charge is -2.05. The van der Waals surface area contributed by atoms with Crippen LogP contribution in [0.1, 0.15) is 18.3 Å². The highest BCUT2D eigenvalue weighted by atomic mass is 35.5. The van der Waals surface area contributed by atoms with Gasteiger partial charge in [0.1, 0.15) is 22.6 Å². The number of nitrogens with zero attached hydrogens (tertiary/aromatic N) is 2. The molecule has 0 spiro atoms. The van der Waals surface area contributed by atoms with Crippen LogP contribution in [0.3, 0.4) is 0 Å². The van der Waals surface area contributed by atoms with Crippen LogP contribution in [0.25, 0.3) is 28.1 Å². The number of H-pyrrole nitrogens is 1. The second-order valence-electron chi connectivity index (χ2n) is 5.92. The first-order valence-electron chi connectivity index (χ1n) is 7.86. The SMILES string of the molecule is C/C(=C/C(=N)Cl)c1nc(-c2ccc(F)c(C)c2)c(-c2ccnc(N)c2)[nH]1. The maximum Gasteiger partial charge on any atom is 0.134 e. The number of hydrogen-bond donors (Lipinski definition) is 3. The second kappa shape index (κ2) is 7.09. The molecule has 2 heterocycles. The summed E-state index contributed by atoms with van der Waals surface area (Å²) in [6.45, 7) is 3.51. The Morgan fingerprint density at radius 3 is 2.69 bits per heavy atom. The van der Waals surface area contributed by atoms with Crippen LogP contribution >= 0.6 is 11.6 Å². The molecule has 7 heteroatoms. The molecule has 132 valence electrons. The molecule has 0 saturated carbocycles. The smallest absolute Gasteiger partial charge is 0.134 e. The van der Waals surface area contributed by atoms with Gasteiger partial charge in [-0.15, -0.1) is 0 Å². The average molecular weight is 370 g/mol. The lowest BCUT2D eigenvalue weighted by atomic mass is 10.0. The van der Waals surface area contributed by atoms with Gasteiger partial charge in [0, 0.05) is 17.3 Å². The van der Waals surface area contributed by atoms with Crippen LogP contribution in [0.5, 0.6) is 0 Å². The lowest BCUT2D eigenvalue weighted by molar-refractivity contribution is 0.619. The average Bonchev–Trinajstić information content (AvgIpc) is 3.02. The van der Waals surface area contributed by atoms with E-state index in [0.29, 0.717) is 28.5 Å². The number of nitrogens with one attached hydrogen (secondary N) is 2. The van der Waals surface area contributed by atoms with Gasteiger partial charge in [0.05, 0.1) is 11.4 Å². The van der Waals surface area contributed by atoms with Crippen molar-refractivity contribution in [2.45, 2.75) is 13.8 Å². The minimum absolute atomic E-state index is 0.0900. The van der Waals surface area contributed by atoms with Crippen molar-refractivity contribution in [1.29, 1.82) is 5.41 Å². The maximum absolute atomic E-state index is 13.7. The molecule has 0 aliphatic rings. The van der Waals surface area contributed by atoms with E-state index >= 15 is 0 Å². The number of nitrogen functional groups attached to an aromatic ring is 1. The molecule has 0 amide bonds. The van der Waals surface area contributed by atoms with Gasteiger partial charge in [0.15, 0.2) is 0 Å². The zero-order valence-electron chi connectivity index (χ0n) is 14.3. The number of aryl methyl sites for hydroxylation is 1. The number of rotatable bonds is 4. The molecule has 0 aliphatic heterocycles. The van der Waals surface area contributed by atoms with Crippen LogP contribution in [0.15, 0.2) is 42.6 Å². The van der Waals surface area contributed by atoms with Gasteiger partial charge in [-0.3, -0.25) is 5.41 Å². The molecule has 0 radical (unpaired) electrons. The molecule has 3 aromatic rings. The molecule has 2 aromatic heterocycles. The number of nitrogens with two attached hydrogens (primary N) is 1. The van der Waals surface area contributed by atoms with Crippen molar-refractivity contribution >= 4 is 28.2 Å². The van der Waals surface area contributed by atoms with Crippen molar-refractivity contribution in [2.75, 3.05) is 5.73 Å². The van der Waals surface area contributed by atoms with Crippen molar-refractivity contribution in [3.05, 3.63) is 59.8 Å². The number of hydrogen-bond acceptors (Lipinski definition) is 4. The summed E-state index contributed by atoms with van der Waals surface area (Å²) < 4.78 is 13.7. The first-order chi connectivity index (χ1) is 12.3. The number of imidazole rings is 1. The summed E-state index contributed by atoms with van der Waals surface area (Å²) in [5.74, 6) is 0.679. The predicted molar refractivity (Wildman–Crippen MR) is 104 cm³/mol. The Bertz CT molecular complexity index is 1020. The van der Waals surface area contributed by atoms with Gasteiger partial charge < -0.3 is 10.7 Å². The quantitative estimate of drug-likeness (QED) is 0.577. The van der Waals surface area contributed by atoms with Crippen LogP contribution in [0.4, 0.5) is 10.2 Å². The third-order valence-electron chi connectivity index (χ3n) is 3.92. The van der Waals surface area contributed by atoms with Gasteiger partial charge in [-0.25, -0.2) is 14.4 Å². The monoisotopic (exact) mass is 369 g/mol. The summed E-state index contributed by atoms with van der Waals surface area (Å²) in [7, 11) is 0. The van der Waals surface area contributed by atoms with Crippen LogP contribution in [-0.2, 0) is 0 Å². The largest absolute Gasteiger partial charge is 0.384 e. The number of halogens is 2. The molecular formula is C19H17ClFN5. The summed E-state index contributed by atoms with van der Waals surface area (Å²) in [6.07, 6.45) is 3.12. The van der Waals surface area contributed by atoms with Crippen molar-refractivity contribution in [2.24, 2.45) is 0 Å². The van der Waals surface area contributed by atoms with Crippen molar-refractivity contribution < 1.29 is 4.39 Å². The molecule has 26 heavy (non-hydrogen) atoms. The summed E-state index contributed by atoms with van der Waals surface area (Å²) in [4.78, 5) is 11.9. The molecule has 5 nitrogen and oxygen atoms in total. The third kappa shape index (κ3) is 3.65. The fourth-order valence-corrected chi connectivity index (χ4v) is 2.80. The first-order valence-corrected chi connectivity index (χ1v) is 8.24. The molecule has 1 aromatic carbocycles. The van der Waals surface area contributed by atoms with Gasteiger partial charge in [0.2, 0.25) is 0 Å². The highest BCUT2D eigenvalue weighted by molar-refractivity contribution is 6.68. The second-order valence-corrected chi connectivity index (χ2v) is 6.32. The van der Waals surface area contributed by atoms with Crippen LogP contribution in [-0.4, -0.2) is 20.1 Å². The zero-order valence-corrected chi connectivity index (χ0v) is 15.0. The Hall–Kier alpha value is -2.99. The fourth-order valence-electron chi connectivity index (χ4n) is 2.63. The first kappa shape index (κ1) is 17.8. The molecule has 0 fully saturated rings. The molecular weight excluding hydrogens is 353 g/mol. The van der Waals surface area contributed by atoms with Crippen molar-refractivity contribution in [1.82, 2.24) is 15.0 Å². The zero-order chi connectivity index (χ0) is 18.8. The van der Waals surface area contributed by atoms with Crippen molar-refractivity contribution in [3.8, 4) is 22.5 Å². The van der Waals surface area contributed by atoms with Crippen molar-refractivity contribution in [3.63, 3.8) is 0 Å². The van der Waals surface area contributed by atoms with E-state index in [0.717, 1.165) is 16.8 Å². The van der Waals surface area contributed by atoms with E-state index in [4.69, 9.17) is 22.7 Å². The maximum atomic E-state index is 13.7. The number of aromatic nitrogens is 3. The van der Waals surface area contributed by atoms with Gasteiger partial charge in [-0.2, -0.15) is 0 Å². The topological polar surface area (TPSA) is 91.4 Å². The standard InChI is InChI=1S/C19H17ClFN5/c1-10-7-12(3-4-14(10)21)17-18(13-5-6-24-16(23)9-13)26-19(25-17)11(2)8-15(20)22/h3-9,22H,1-2H3,(H2,23,24)(H,25,26)/b11-8-,22-15?. The Morgan fingerprint density at radius 1 is 1.27 bits per heavy atom. The molecule has 0 saturated heterocycles. The number of benzene rings is 1.